The van der Waals surface area contributed by atoms with Crippen molar-refractivity contribution in [1.82, 2.24) is 5.32 Å². The van der Waals surface area contributed by atoms with Gasteiger partial charge in [0, 0.05) is 5.56 Å². The third-order valence-electron chi connectivity index (χ3n) is 2.18. The molecule has 0 radical (unpaired) electrons. The lowest BCUT2D eigenvalue weighted by atomic mass is 10.1. The lowest BCUT2D eigenvalue weighted by Gasteiger charge is -2.05. The maximum atomic E-state index is 11.8. The Labute approximate surface area is 102 Å². The average molecular weight is 257 g/mol. The number of hydrogen-bond donors (Lipinski definition) is 3. The number of rotatable bonds is 5. The van der Waals surface area contributed by atoms with Gasteiger partial charge < -0.3 is 16.3 Å². The molecule has 0 bridgehead atoms. The zero-order valence-corrected chi connectivity index (χ0v) is 9.44. The minimum atomic E-state index is -2.56. The summed E-state index contributed by atoms with van der Waals surface area (Å²) in [6, 6.07) is 6.36. The van der Waals surface area contributed by atoms with Crippen LogP contribution in [0.25, 0.3) is 0 Å². The van der Waals surface area contributed by atoms with Crippen LogP contribution in [-0.4, -0.2) is 29.9 Å². The average Bonchev–Trinajstić information content (AvgIpc) is 2.36. The molecule has 0 heterocycles. The lowest BCUT2D eigenvalue weighted by molar-refractivity contribution is -0.121. The molecule has 0 aliphatic carbocycles. The van der Waals surface area contributed by atoms with E-state index in [0.29, 0.717) is 11.1 Å². The van der Waals surface area contributed by atoms with E-state index < -0.39 is 18.9 Å². The highest BCUT2D eigenvalue weighted by Crippen LogP contribution is 2.05. The van der Waals surface area contributed by atoms with E-state index in [2.05, 4.69) is 10.5 Å². The Morgan fingerprint density at radius 3 is 2.50 bits per heavy atom. The second-order valence-corrected chi connectivity index (χ2v) is 3.55. The lowest BCUT2D eigenvalue weighted by Crippen LogP contribution is -2.29. The zero-order valence-electron chi connectivity index (χ0n) is 9.44. The number of amides is 1. The van der Waals surface area contributed by atoms with Gasteiger partial charge in [-0.15, -0.1) is 0 Å². The molecule has 0 spiro atoms. The molecule has 0 saturated carbocycles. The van der Waals surface area contributed by atoms with Gasteiger partial charge in [-0.1, -0.05) is 29.4 Å². The van der Waals surface area contributed by atoms with E-state index >= 15 is 0 Å². The standard InChI is InChI=1S/C11H13F2N3O2/c12-9(13)6-15-10(17)5-7-1-3-8(4-2-7)11(14)16-18/h1-4,9,18H,5-6H2,(H2,14,16)(H,15,17). The number of carbonyl (C=O) groups is 1. The Balaban J connectivity index is 2.56. The summed E-state index contributed by atoms with van der Waals surface area (Å²) >= 11 is 0. The van der Waals surface area contributed by atoms with E-state index in [1.165, 1.54) is 0 Å². The summed E-state index contributed by atoms with van der Waals surface area (Å²) in [5.41, 5.74) is 6.52. The predicted molar refractivity (Wildman–Crippen MR) is 61.7 cm³/mol. The third kappa shape index (κ3) is 4.36. The van der Waals surface area contributed by atoms with Crippen LogP contribution in [0.4, 0.5) is 8.78 Å². The monoisotopic (exact) mass is 257 g/mol. The first-order valence-electron chi connectivity index (χ1n) is 5.14. The third-order valence-corrected chi connectivity index (χ3v) is 2.18. The molecule has 1 aromatic rings. The van der Waals surface area contributed by atoms with Crippen molar-refractivity contribution in [2.45, 2.75) is 12.8 Å². The highest BCUT2D eigenvalue weighted by molar-refractivity contribution is 5.97. The van der Waals surface area contributed by atoms with Crippen molar-refractivity contribution in [2.75, 3.05) is 6.54 Å². The number of hydrogen-bond acceptors (Lipinski definition) is 3. The van der Waals surface area contributed by atoms with Crippen LogP contribution < -0.4 is 11.1 Å². The molecule has 0 aromatic heterocycles. The summed E-state index contributed by atoms with van der Waals surface area (Å²) in [5.74, 6) is -0.518. The number of halogens is 2. The Bertz CT molecular complexity index is 432. The molecule has 98 valence electrons. The molecule has 0 fully saturated rings. The fourth-order valence-corrected chi connectivity index (χ4v) is 1.29. The van der Waals surface area contributed by atoms with Crippen LogP contribution >= 0.6 is 0 Å². The number of alkyl halides is 2. The van der Waals surface area contributed by atoms with Crippen molar-refractivity contribution >= 4 is 11.7 Å². The van der Waals surface area contributed by atoms with Gasteiger partial charge in [-0.05, 0) is 5.56 Å². The van der Waals surface area contributed by atoms with E-state index in [-0.39, 0.29) is 12.3 Å². The number of oxime groups is 1. The van der Waals surface area contributed by atoms with Crippen molar-refractivity contribution in [3.63, 3.8) is 0 Å². The minimum Gasteiger partial charge on any atom is -0.409 e. The summed E-state index contributed by atoms with van der Waals surface area (Å²) in [5, 5.41) is 13.4. The number of carbonyl (C=O) groups excluding carboxylic acids is 1. The van der Waals surface area contributed by atoms with Crippen LogP contribution in [0.2, 0.25) is 0 Å². The van der Waals surface area contributed by atoms with Gasteiger partial charge in [-0.3, -0.25) is 4.79 Å². The van der Waals surface area contributed by atoms with Crippen molar-refractivity contribution in [3.05, 3.63) is 35.4 Å². The minimum absolute atomic E-state index is 0.00315. The second kappa shape index (κ2) is 6.53. The number of nitrogens with zero attached hydrogens (tertiary/aromatic N) is 1. The normalized spacial score (nSPS) is 11.6. The van der Waals surface area contributed by atoms with Crippen LogP contribution in [0, 0.1) is 0 Å². The largest absolute Gasteiger partial charge is 0.409 e. The van der Waals surface area contributed by atoms with Crippen LogP contribution in [0.5, 0.6) is 0 Å². The van der Waals surface area contributed by atoms with Gasteiger partial charge in [0.05, 0.1) is 13.0 Å². The molecule has 0 atom stereocenters. The first-order valence-corrected chi connectivity index (χ1v) is 5.14. The summed E-state index contributed by atoms with van der Waals surface area (Å²) in [7, 11) is 0. The van der Waals surface area contributed by atoms with Crippen molar-refractivity contribution < 1.29 is 18.8 Å². The van der Waals surface area contributed by atoms with E-state index in [4.69, 9.17) is 10.9 Å². The predicted octanol–water partition coefficient (Wildman–Crippen LogP) is 0.705. The van der Waals surface area contributed by atoms with Gasteiger partial charge in [-0.25, -0.2) is 8.78 Å². The van der Waals surface area contributed by atoms with Gasteiger partial charge in [0.2, 0.25) is 5.91 Å². The fraction of sp³-hybridized carbons (Fsp3) is 0.273. The summed E-state index contributed by atoms with van der Waals surface area (Å²) in [6.07, 6.45) is -2.56. The van der Waals surface area contributed by atoms with E-state index in [1.807, 2.05) is 0 Å². The Morgan fingerprint density at radius 2 is 2.00 bits per heavy atom. The smallest absolute Gasteiger partial charge is 0.255 e. The van der Waals surface area contributed by atoms with Crippen LogP contribution in [0.3, 0.4) is 0 Å². The molecule has 1 aromatic carbocycles. The molecule has 4 N–H and O–H groups in total. The molecule has 0 unspecified atom stereocenters. The first-order chi connectivity index (χ1) is 8.52. The van der Waals surface area contributed by atoms with Crippen LogP contribution in [-0.2, 0) is 11.2 Å². The van der Waals surface area contributed by atoms with Gasteiger partial charge in [0.15, 0.2) is 5.84 Å². The molecule has 1 rings (SSSR count). The molecule has 1 amide bonds. The molecule has 0 aliphatic rings. The van der Waals surface area contributed by atoms with Gasteiger partial charge in [-0.2, -0.15) is 0 Å². The number of benzene rings is 1. The SMILES string of the molecule is N/C(=N/O)c1ccc(CC(=O)NCC(F)F)cc1. The Kier molecular flexibility index (Phi) is 5.04. The molecule has 18 heavy (non-hydrogen) atoms. The van der Waals surface area contributed by atoms with E-state index in [9.17, 15) is 13.6 Å². The van der Waals surface area contributed by atoms with Crippen molar-refractivity contribution in [3.8, 4) is 0 Å². The molecular weight excluding hydrogens is 244 g/mol. The number of nitrogens with one attached hydrogen (secondary N) is 1. The van der Waals surface area contributed by atoms with Crippen molar-refractivity contribution in [1.29, 1.82) is 0 Å². The van der Waals surface area contributed by atoms with E-state index in [1.54, 1.807) is 24.3 Å². The quantitative estimate of drug-likeness (QED) is 0.314. The maximum absolute atomic E-state index is 11.8. The van der Waals surface area contributed by atoms with Crippen LogP contribution in [0.1, 0.15) is 11.1 Å². The Hall–Kier alpha value is -2.18. The maximum Gasteiger partial charge on any atom is 0.255 e. The molecule has 7 heteroatoms. The van der Waals surface area contributed by atoms with E-state index in [0.717, 1.165) is 0 Å². The fourth-order valence-electron chi connectivity index (χ4n) is 1.29. The highest BCUT2D eigenvalue weighted by atomic mass is 19.3. The summed E-state index contributed by atoms with van der Waals surface area (Å²) < 4.78 is 23.7. The summed E-state index contributed by atoms with van der Waals surface area (Å²) in [4.78, 5) is 11.3. The van der Waals surface area contributed by atoms with Gasteiger partial charge >= 0.3 is 0 Å². The molecule has 5 nitrogen and oxygen atoms in total. The van der Waals surface area contributed by atoms with Crippen molar-refractivity contribution in [2.24, 2.45) is 10.9 Å². The summed E-state index contributed by atoms with van der Waals surface area (Å²) in [6.45, 7) is -0.652. The first kappa shape index (κ1) is 13.9. The Morgan fingerprint density at radius 1 is 1.39 bits per heavy atom. The second-order valence-electron chi connectivity index (χ2n) is 3.55. The number of nitrogens with two attached hydrogens (primary N) is 1. The molecular formula is C11H13F2N3O2. The molecule has 0 saturated heterocycles. The zero-order chi connectivity index (χ0) is 13.5. The van der Waals surface area contributed by atoms with Gasteiger partial charge in [0.1, 0.15) is 0 Å². The number of amidine groups is 1. The molecule has 0 aliphatic heterocycles. The highest BCUT2D eigenvalue weighted by Gasteiger charge is 2.07. The topological polar surface area (TPSA) is 87.7 Å². The van der Waals surface area contributed by atoms with Gasteiger partial charge in [0.25, 0.3) is 6.43 Å². The van der Waals surface area contributed by atoms with Crippen LogP contribution in [0.15, 0.2) is 29.4 Å².